The molecule has 0 atom stereocenters. The van der Waals surface area contributed by atoms with Crippen molar-refractivity contribution in [3.8, 4) is 0 Å². The Bertz CT molecular complexity index is 679. The Labute approximate surface area is 99.3 Å². The van der Waals surface area contributed by atoms with Gasteiger partial charge in [-0.25, -0.2) is 9.78 Å². The third-order valence-electron chi connectivity index (χ3n) is 2.62. The summed E-state index contributed by atoms with van der Waals surface area (Å²) in [5.74, 6) is 0. The first kappa shape index (κ1) is 11.1. The quantitative estimate of drug-likeness (QED) is 0.705. The summed E-state index contributed by atoms with van der Waals surface area (Å²) in [6, 6.07) is 0. The number of nitrogens with zero attached hydrogens (tertiary/aromatic N) is 4. The van der Waals surface area contributed by atoms with E-state index in [4.69, 9.17) is 0 Å². The standard InChI is InChI=1S/C9H11BrN4O2/c1-4-14-6-5(12(2)8(10)11-6)7(15)13(3)9(14)16/h4H2,1-3H3. The van der Waals surface area contributed by atoms with Crippen molar-refractivity contribution in [3.05, 3.63) is 25.6 Å². The Hall–Kier alpha value is -1.37. The van der Waals surface area contributed by atoms with Crippen LogP contribution >= 0.6 is 15.9 Å². The molecule has 0 aliphatic carbocycles. The van der Waals surface area contributed by atoms with Crippen molar-refractivity contribution in [1.29, 1.82) is 0 Å². The number of aryl methyl sites for hydroxylation is 2. The van der Waals surface area contributed by atoms with E-state index in [-0.39, 0.29) is 11.2 Å². The predicted octanol–water partition coefficient (Wildman–Crippen LogP) is 0.216. The van der Waals surface area contributed by atoms with Crippen molar-refractivity contribution in [2.45, 2.75) is 13.5 Å². The molecule has 0 radical (unpaired) electrons. The van der Waals surface area contributed by atoms with Crippen LogP contribution in [0.15, 0.2) is 14.3 Å². The summed E-state index contributed by atoms with van der Waals surface area (Å²) in [6.07, 6.45) is 0. The lowest BCUT2D eigenvalue weighted by Gasteiger charge is -2.05. The molecular formula is C9H11BrN4O2. The van der Waals surface area contributed by atoms with Gasteiger partial charge >= 0.3 is 5.69 Å². The van der Waals surface area contributed by atoms with Crippen LogP contribution in [0.4, 0.5) is 0 Å². The SMILES string of the molecule is CCn1c(=O)n(C)c(=O)c2c1nc(Br)n2C. The molecule has 7 heteroatoms. The predicted molar refractivity (Wildman–Crippen MR) is 63.6 cm³/mol. The number of hydrogen-bond donors (Lipinski definition) is 0. The summed E-state index contributed by atoms with van der Waals surface area (Å²) >= 11 is 3.24. The van der Waals surface area contributed by atoms with Gasteiger partial charge < -0.3 is 4.57 Å². The van der Waals surface area contributed by atoms with Crippen molar-refractivity contribution < 1.29 is 0 Å². The van der Waals surface area contributed by atoms with Gasteiger partial charge in [0.1, 0.15) is 0 Å². The molecule has 2 aromatic heterocycles. The highest BCUT2D eigenvalue weighted by Crippen LogP contribution is 2.13. The molecule has 0 bridgehead atoms. The monoisotopic (exact) mass is 286 g/mol. The third-order valence-corrected chi connectivity index (χ3v) is 3.33. The van der Waals surface area contributed by atoms with Gasteiger partial charge in [-0.05, 0) is 22.9 Å². The van der Waals surface area contributed by atoms with E-state index in [9.17, 15) is 9.59 Å². The summed E-state index contributed by atoms with van der Waals surface area (Å²) in [4.78, 5) is 27.9. The first-order valence-electron chi connectivity index (χ1n) is 4.80. The summed E-state index contributed by atoms with van der Waals surface area (Å²) in [5, 5.41) is 0. The average Bonchev–Trinajstić information content (AvgIpc) is 2.53. The zero-order valence-corrected chi connectivity index (χ0v) is 10.8. The first-order valence-corrected chi connectivity index (χ1v) is 5.60. The Morgan fingerprint density at radius 1 is 1.25 bits per heavy atom. The minimum Gasteiger partial charge on any atom is -0.316 e. The number of hydrogen-bond acceptors (Lipinski definition) is 3. The van der Waals surface area contributed by atoms with Gasteiger partial charge in [0.05, 0.1) is 0 Å². The van der Waals surface area contributed by atoms with Crippen molar-refractivity contribution in [3.63, 3.8) is 0 Å². The average molecular weight is 287 g/mol. The first-order chi connectivity index (χ1) is 7.49. The van der Waals surface area contributed by atoms with Crippen LogP contribution in [0.25, 0.3) is 11.2 Å². The number of rotatable bonds is 1. The molecule has 2 heterocycles. The molecule has 0 amide bonds. The summed E-state index contributed by atoms with van der Waals surface area (Å²) in [7, 11) is 3.20. The molecular weight excluding hydrogens is 276 g/mol. The molecule has 0 spiro atoms. The summed E-state index contributed by atoms with van der Waals surface area (Å²) in [6.45, 7) is 2.32. The molecule has 0 N–H and O–H groups in total. The van der Waals surface area contributed by atoms with Gasteiger partial charge in [0, 0.05) is 20.6 Å². The maximum absolute atomic E-state index is 11.9. The summed E-state index contributed by atoms with van der Waals surface area (Å²) in [5.41, 5.74) is 0.178. The Kier molecular flexibility index (Phi) is 2.49. The highest BCUT2D eigenvalue weighted by molar-refractivity contribution is 9.10. The molecule has 0 aliphatic rings. The minimum atomic E-state index is -0.342. The normalized spacial score (nSPS) is 11.2. The number of imidazole rings is 1. The minimum absolute atomic E-state index is 0.328. The van der Waals surface area contributed by atoms with Gasteiger partial charge in [0.2, 0.25) is 0 Å². The van der Waals surface area contributed by atoms with Gasteiger partial charge in [-0.15, -0.1) is 0 Å². The van der Waals surface area contributed by atoms with E-state index in [2.05, 4.69) is 20.9 Å². The lowest BCUT2D eigenvalue weighted by atomic mass is 10.5. The van der Waals surface area contributed by atoms with Crippen molar-refractivity contribution >= 4 is 27.1 Å². The van der Waals surface area contributed by atoms with E-state index in [1.165, 1.54) is 11.6 Å². The second-order valence-electron chi connectivity index (χ2n) is 3.50. The highest BCUT2D eigenvalue weighted by Gasteiger charge is 2.16. The second-order valence-corrected chi connectivity index (χ2v) is 4.21. The zero-order chi connectivity index (χ0) is 12.0. The van der Waals surface area contributed by atoms with E-state index in [1.807, 2.05) is 6.92 Å². The van der Waals surface area contributed by atoms with Gasteiger partial charge in [-0.1, -0.05) is 0 Å². The second kappa shape index (κ2) is 3.58. The lowest BCUT2D eigenvalue weighted by Crippen LogP contribution is -2.38. The van der Waals surface area contributed by atoms with Crippen LogP contribution in [-0.4, -0.2) is 18.7 Å². The molecule has 0 saturated carbocycles. The Morgan fingerprint density at radius 3 is 2.44 bits per heavy atom. The molecule has 2 rings (SSSR count). The fourth-order valence-corrected chi connectivity index (χ4v) is 2.03. The van der Waals surface area contributed by atoms with Crippen molar-refractivity contribution in [1.82, 2.24) is 18.7 Å². The van der Waals surface area contributed by atoms with E-state index in [0.717, 1.165) is 4.57 Å². The molecule has 0 unspecified atom stereocenters. The molecule has 0 fully saturated rings. The molecule has 2 aromatic rings. The van der Waals surface area contributed by atoms with Crippen molar-refractivity contribution in [2.75, 3.05) is 0 Å². The van der Waals surface area contributed by atoms with Gasteiger partial charge in [0.15, 0.2) is 15.9 Å². The smallest absolute Gasteiger partial charge is 0.316 e. The molecule has 0 saturated heterocycles. The van der Waals surface area contributed by atoms with Crippen LogP contribution in [0.1, 0.15) is 6.92 Å². The van der Waals surface area contributed by atoms with Crippen LogP contribution < -0.4 is 11.2 Å². The highest BCUT2D eigenvalue weighted by atomic mass is 79.9. The fraction of sp³-hybridized carbons (Fsp3) is 0.444. The molecule has 86 valence electrons. The van der Waals surface area contributed by atoms with Crippen LogP contribution in [0.3, 0.4) is 0 Å². The third kappa shape index (κ3) is 1.27. The van der Waals surface area contributed by atoms with E-state index >= 15 is 0 Å². The van der Waals surface area contributed by atoms with E-state index < -0.39 is 0 Å². The molecule has 0 aliphatic heterocycles. The molecule has 16 heavy (non-hydrogen) atoms. The number of fused-ring (bicyclic) bond motifs is 1. The molecule has 0 aromatic carbocycles. The summed E-state index contributed by atoms with van der Waals surface area (Å²) < 4.78 is 4.73. The van der Waals surface area contributed by atoms with Crippen LogP contribution in [0.2, 0.25) is 0 Å². The number of halogens is 1. The van der Waals surface area contributed by atoms with Gasteiger partial charge in [-0.2, -0.15) is 0 Å². The maximum atomic E-state index is 11.9. The van der Waals surface area contributed by atoms with Crippen LogP contribution in [0.5, 0.6) is 0 Å². The van der Waals surface area contributed by atoms with Crippen LogP contribution in [-0.2, 0) is 20.6 Å². The van der Waals surface area contributed by atoms with Crippen molar-refractivity contribution in [2.24, 2.45) is 14.1 Å². The Morgan fingerprint density at radius 2 is 1.88 bits per heavy atom. The topological polar surface area (TPSA) is 61.8 Å². The van der Waals surface area contributed by atoms with E-state index in [0.29, 0.717) is 22.4 Å². The Balaban J connectivity index is 3.17. The van der Waals surface area contributed by atoms with E-state index in [1.54, 1.807) is 11.6 Å². The van der Waals surface area contributed by atoms with Crippen LogP contribution in [0, 0.1) is 0 Å². The largest absolute Gasteiger partial charge is 0.332 e. The van der Waals surface area contributed by atoms with Gasteiger partial charge in [0.25, 0.3) is 5.56 Å². The fourth-order valence-electron chi connectivity index (χ4n) is 1.69. The maximum Gasteiger partial charge on any atom is 0.332 e. The van der Waals surface area contributed by atoms with Gasteiger partial charge in [-0.3, -0.25) is 13.9 Å². The lowest BCUT2D eigenvalue weighted by molar-refractivity contribution is 0.651. The molecule has 6 nitrogen and oxygen atoms in total. The number of aromatic nitrogens is 4. The zero-order valence-electron chi connectivity index (χ0n) is 9.19.